The fourth-order valence-corrected chi connectivity index (χ4v) is 4.57. The molecule has 0 radical (unpaired) electrons. The minimum Gasteiger partial charge on any atom is -0.494 e. The largest absolute Gasteiger partial charge is 0.494 e. The van der Waals surface area contributed by atoms with Crippen molar-refractivity contribution in [1.82, 2.24) is 4.90 Å². The third-order valence-corrected chi connectivity index (χ3v) is 6.19. The number of carbonyl (C=O) groups is 2. The Labute approximate surface area is 186 Å². The molecule has 1 aromatic rings. The van der Waals surface area contributed by atoms with E-state index < -0.39 is 23.7 Å². The summed E-state index contributed by atoms with van der Waals surface area (Å²) < 4.78 is 28.3. The zero-order valence-corrected chi connectivity index (χ0v) is 18.4. The van der Waals surface area contributed by atoms with Crippen LogP contribution >= 0.6 is 11.6 Å². The second-order valence-corrected chi connectivity index (χ2v) is 8.66. The molecule has 9 heteroatoms. The lowest BCUT2D eigenvalue weighted by molar-refractivity contribution is -0.343. The molecule has 0 saturated carbocycles. The summed E-state index contributed by atoms with van der Waals surface area (Å²) in [7, 11) is 0. The zero-order valence-electron chi connectivity index (χ0n) is 17.6. The minimum atomic E-state index is -1.79. The van der Waals surface area contributed by atoms with E-state index in [0.29, 0.717) is 30.3 Å². The van der Waals surface area contributed by atoms with Crippen molar-refractivity contribution < 1.29 is 33.3 Å². The first-order valence-electron chi connectivity index (χ1n) is 10.8. The molecule has 0 aromatic heterocycles. The summed E-state index contributed by atoms with van der Waals surface area (Å²) in [5.74, 6) is -4.26. The molecule has 31 heavy (non-hydrogen) atoms. The van der Waals surface area contributed by atoms with E-state index in [0.717, 1.165) is 38.8 Å². The molecule has 1 aromatic carbocycles. The summed E-state index contributed by atoms with van der Waals surface area (Å²) in [5.41, 5.74) is 0. The van der Waals surface area contributed by atoms with Crippen LogP contribution in [-0.2, 0) is 28.5 Å². The Morgan fingerprint density at radius 3 is 2.77 bits per heavy atom. The van der Waals surface area contributed by atoms with Gasteiger partial charge in [-0.25, -0.2) is 9.59 Å². The van der Waals surface area contributed by atoms with Crippen molar-refractivity contribution in [3.63, 3.8) is 0 Å². The van der Waals surface area contributed by atoms with Crippen molar-refractivity contribution in [1.29, 1.82) is 0 Å². The van der Waals surface area contributed by atoms with Crippen molar-refractivity contribution in [3.8, 4) is 5.75 Å². The van der Waals surface area contributed by atoms with E-state index >= 15 is 0 Å². The van der Waals surface area contributed by atoms with E-state index in [-0.39, 0.29) is 12.5 Å². The summed E-state index contributed by atoms with van der Waals surface area (Å²) in [6.45, 7) is 4.83. The van der Waals surface area contributed by atoms with E-state index in [2.05, 4.69) is 11.8 Å². The first-order chi connectivity index (χ1) is 14.9. The number of piperidine rings is 1. The van der Waals surface area contributed by atoms with Crippen LogP contribution in [0.1, 0.15) is 39.0 Å². The SMILES string of the molecule is CCCCCN1CCC(CCOc2cccc(Cl)c2)C2(C1)OCC1(OC(=O)C(=O)O1)O2. The van der Waals surface area contributed by atoms with Crippen LogP contribution in [0.5, 0.6) is 5.75 Å². The maximum Gasteiger partial charge on any atom is 0.422 e. The molecule has 2 atom stereocenters. The average molecular weight is 454 g/mol. The minimum absolute atomic E-state index is 0.0218. The Morgan fingerprint density at radius 2 is 2.03 bits per heavy atom. The number of likely N-dealkylation sites (tertiary alicyclic amines) is 1. The first kappa shape index (κ1) is 22.3. The zero-order chi connectivity index (χ0) is 21.9. The summed E-state index contributed by atoms with van der Waals surface area (Å²) in [5, 5.41) is 0.614. The van der Waals surface area contributed by atoms with Gasteiger partial charge in [0.1, 0.15) is 5.75 Å². The van der Waals surface area contributed by atoms with Crippen LogP contribution in [0.15, 0.2) is 24.3 Å². The highest BCUT2D eigenvalue weighted by molar-refractivity contribution is 6.31. The molecule has 2 unspecified atom stereocenters. The van der Waals surface area contributed by atoms with Gasteiger partial charge in [0.2, 0.25) is 0 Å². The van der Waals surface area contributed by atoms with Crippen molar-refractivity contribution in [2.75, 3.05) is 32.8 Å². The lowest BCUT2D eigenvalue weighted by atomic mass is 9.87. The van der Waals surface area contributed by atoms with Gasteiger partial charge < -0.3 is 18.9 Å². The Morgan fingerprint density at radius 1 is 1.23 bits per heavy atom. The molecule has 170 valence electrons. The third-order valence-electron chi connectivity index (χ3n) is 5.95. The van der Waals surface area contributed by atoms with Crippen molar-refractivity contribution in [2.45, 2.75) is 50.8 Å². The van der Waals surface area contributed by atoms with Crippen LogP contribution in [0.2, 0.25) is 5.02 Å². The lowest BCUT2D eigenvalue weighted by Crippen LogP contribution is -2.56. The maximum atomic E-state index is 11.6. The molecule has 0 bridgehead atoms. The summed E-state index contributed by atoms with van der Waals surface area (Å²) in [6, 6.07) is 7.25. The van der Waals surface area contributed by atoms with Gasteiger partial charge in [0.25, 0.3) is 0 Å². The Hall–Kier alpha value is -1.87. The number of carbonyl (C=O) groups excluding carboxylic acids is 2. The summed E-state index contributed by atoms with van der Waals surface area (Å²) >= 11 is 6.02. The van der Waals surface area contributed by atoms with Gasteiger partial charge in [-0.1, -0.05) is 37.4 Å². The van der Waals surface area contributed by atoms with Crippen LogP contribution in [-0.4, -0.2) is 61.4 Å². The smallest absolute Gasteiger partial charge is 0.422 e. The van der Waals surface area contributed by atoms with Crippen LogP contribution in [0.4, 0.5) is 0 Å². The monoisotopic (exact) mass is 453 g/mol. The topological polar surface area (TPSA) is 83.5 Å². The predicted octanol–water partition coefficient (Wildman–Crippen LogP) is 3.12. The molecular weight excluding hydrogens is 426 g/mol. The van der Waals surface area contributed by atoms with Crippen LogP contribution < -0.4 is 4.74 Å². The number of esters is 2. The molecule has 3 aliphatic heterocycles. The number of hydrogen-bond donors (Lipinski definition) is 0. The van der Waals surface area contributed by atoms with E-state index in [1.165, 1.54) is 0 Å². The van der Waals surface area contributed by atoms with Gasteiger partial charge in [-0.2, -0.15) is 0 Å². The van der Waals surface area contributed by atoms with E-state index in [4.69, 9.17) is 35.3 Å². The van der Waals surface area contributed by atoms with E-state index in [1.54, 1.807) is 12.1 Å². The van der Waals surface area contributed by atoms with E-state index in [1.807, 2.05) is 12.1 Å². The normalized spacial score (nSPS) is 27.6. The molecule has 8 nitrogen and oxygen atoms in total. The Bertz CT molecular complexity index is 803. The van der Waals surface area contributed by atoms with E-state index in [9.17, 15) is 9.59 Å². The molecule has 3 fully saturated rings. The standard InChI is InChI=1S/C22H28ClNO7/c1-2-3-4-10-24-11-8-16(9-12-27-18-7-5-6-17(23)13-18)21(14-24)28-15-22(31-21)29-19(25)20(26)30-22/h5-7,13,16H,2-4,8-12,14-15H2,1H3. The second kappa shape index (κ2) is 9.32. The first-order valence-corrected chi connectivity index (χ1v) is 11.2. The van der Waals surface area contributed by atoms with Gasteiger partial charge in [-0.05, 0) is 50.6 Å². The fraction of sp³-hybridized carbons (Fsp3) is 0.636. The Kier molecular flexibility index (Phi) is 6.71. The van der Waals surface area contributed by atoms with Crippen LogP contribution in [0.3, 0.4) is 0 Å². The van der Waals surface area contributed by atoms with Crippen LogP contribution in [0, 0.1) is 5.92 Å². The average Bonchev–Trinajstić information content (AvgIpc) is 3.22. The molecule has 0 N–H and O–H groups in total. The van der Waals surface area contributed by atoms with Gasteiger partial charge in [0.05, 0.1) is 13.2 Å². The van der Waals surface area contributed by atoms with Crippen molar-refractivity contribution in [3.05, 3.63) is 29.3 Å². The number of ether oxygens (including phenoxy) is 5. The lowest BCUT2D eigenvalue weighted by Gasteiger charge is -2.44. The summed E-state index contributed by atoms with van der Waals surface area (Å²) in [4.78, 5) is 25.5. The van der Waals surface area contributed by atoms with Gasteiger partial charge in [-0.3, -0.25) is 9.64 Å². The number of hydrogen-bond acceptors (Lipinski definition) is 8. The molecule has 3 heterocycles. The molecule has 3 saturated heterocycles. The van der Waals surface area contributed by atoms with Crippen LogP contribution in [0.25, 0.3) is 0 Å². The predicted molar refractivity (Wildman–Crippen MR) is 110 cm³/mol. The van der Waals surface area contributed by atoms with Gasteiger partial charge in [-0.15, -0.1) is 0 Å². The molecule has 2 spiro atoms. The second-order valence-electron chi connectivity index (χ2n) is 8.23. The van der Waals surface area contributed by atoms with Gasteiger partial charge in [0.15, 0.2) is 12.4 Å². The number of nitrogens with zero attached hydrogens (tertiary/aromatic N) is 1. The number of unbranched alkanes of at least 4 members (excludes halogenated alkanes) is 2. The Balaban J connectivity index is 1.43. The maximum absolute atomic E-state index is 11.6. The highest BCUT2D eigenvalue weighted by Crippen LogP contribution is 2.45. The van der Waals surface area contributed by atoms with Gasteiger partial charge in [0, 0.05) is 10.9 Å². The molecule has 3 aliphatic rings. The van der Waals surface area contributed by atoms with Crippen molar-refractivity contribution >= 4 is 23.5 Å². The quantitative estimate of drug-likeness (QED) is 0.337. The highest BCUT2D eigenvalue weighted by atomic mass is 35.5. The number of halogens is 1. The number of rotatable bonds is 8. The molecule has 0 aliphatic carbocycles. The van der Waals surface area contributed by atoms with Gasteiger partial charge >= 0.3 is 17.9 Å². The third kappa shape index (κ3) is 4.98. The molecule has 4 rings (SSSR count). The summed E-state index contributed by atoms with van der Waals surface area (Å²) in [6.07, 6.45) is 4.87. The molecular formula is C22H28ClNO7. The molecule has 0 amide bonds. The number of benzene rings is 1. The fourth-order valence-electron chi connectivity index (χ4n) is 4.39. The highest BCUT2D eigenvalue weighted by Gasteiger charge is 2.64. The van der Waals surface area contributed by atoms with Crippen molar-refractivity contribution in [2.24, 2.45) is 5.92 Å².